The van der Waals surface area contributed by atoms with Gasteiger partial charge in [0.05, 0.1) is 30.7 Å². The van der Waals surface area contributed by atoms with Gasteiger partial charge in [-0.15, -0.1) is 0 Å². The summed E-state index contributed by atoms with van der Waals surface area (Å²) in [6.45, 7) is 6.02. The summed E-state index contributed by atoms with van der Waals surface area (Å²) in [4.78, 5) is 31.5. The van der Waals surface area contributed by atoms with Crippen LogP contribution in [0.2, 0.25) is 0 Å². The molecule has 3 aliphatic rings. The van der Waals surface area contributed by atoms with Gasteiger partial charge in [0.15, 0.2) is 0 Å². The minimum Gasteiger partial charge on any atom is -0.379 e. The number of rotatable bonds is 7. The summed E-state index contributed by atoms with van der Waals surface area (Å²) in [7, 11) is 0. The Bertz CT molecular complexity index is 1620. The summed E-state index contributed by atoms with van der Waals surface area (Å²) in [5.41, 5.74) is 7.14. The molecule has 40 heavy (non-hydrogen) atoms. The molecule has 0 aliphatic carbocycles. The number of benzene rings is 2. The third-order valence-electron chi connectivity index (χ3n) is 8.70. The molecule has 3 N–H and O–H groups in total. The smallest absolute Gasteiger partial charge is 0.253 e. The Hall–Kier alpha value is -3.88. The molecule has 2 aromatic carbocycles. The predicted octanol–water partition coefficient (Wildman–Crippen LogP) is 4.03. The van der Waals surface area contributed by atoms with Gasteiger partial charge in [-0.2, -0.15) is 0 Å². The minimum absolute atomic E-state index is 0.0616. The third kappa shape index (κ3) is 4.51. The number of morpholine rings is 1. The van der Waals surface area contributed by atoms with E-state index in [-0.39, 0.29) is 23.4 Å². The van der Waals surface area contributed by atoms with Crippen molar-refractivity contribution < 1.29 is 9.53 Å². The molecule has 2 unspecified atom stereocenters. The first-order chi connectivity index (χ1) is 19.7. The number of hydrogen-bond acceptors (Lipinski definition) is 5. The van der Waals surface area contributed by atoms with E-state index in [1.54, 1.807) is 6.20 Å². The number of fused-ring (bicyclic) bond motifs is 1. The summed E-state index contributed by atoms with van der Waals surface area (Å²) >= 11 is 0. The van der Waals surface area contributed by atoms with Gasteiger partial charge >= 0.3 is 0 Å². The van der Waals surface area contributed by atoms with E-state index >= 15 is 0 Å². The number of H-pyrrole nitrogens is 1. The number of anilines is 1. The topological polar surface area (TPSA) is 91.4 Å². The van der Waals surface area contributed by atoms with Crippen LogP contribution in [-0.4, -0.2) is 59.8 Å². The van der Waals surface area contributed by atoms with Crippen LogP contribution in [-0.2, 0) is 17.7 Å². The second kappa shape index (κ2) is 10.6. The lowest BCUT2D eigenvalue weighted by Gasteiger charge is -2.26. The number of carbonyl (C=O) groups is 1. The fourth-order valence-corrected chi connectivity index (χ4v) is 6.77. The highest BCUT2D eigenvalue weighted by molar-refractivity contribution is 5.95. The number of aromatic amines is 1. The summed E-state index contributed by atoms with van der Waals surface area (Å²) in [6, 6.07) is 18.3. The van der Waals surface area contributed by atoms with Crippen LogP contribution in [0, 0.1) is 0 Å². The number of nitrogens with one attached hydrogen (secondary N) is 3. The fourth-order valence-electron chi connectivity index (χ4n) is 6.77. The molecule has 1 amide bonds. The standard InChI is InChI=1S/C32H35N5O3/c38-31(33-12-4-13-36-15-17-40-18-16-36)23-9-10-26-25(19-23)28(29(35-26)24-8-2-11-34-32(24)39)27-20-22-6-1-5-21-7-3-14-37(27)30(21)22/h1-2,5-6,8-11,19-20,28-29,35H,3-4,7,12-18H2,(H,33,38)(H,34,39). The number of hydrogen-bond donors (Lipinski definition) is 3. The number of nitrogens with zero attached hydrogens (tertiary/aromatic N) is 2. The molecule has 0 saturated carbocycles. The summed E-state index contributed by atoms with van der Waals surface area (Å²) < 4.78 is 7.87. The molecule has 8 nitrogen and oxygen atoms in total. The van der Waals surface area contributed by atoms with Gasteiger partial charge in [-0.3, -0.25) is 14.5 Å². The van der Waals surface area contributed by atoms with Crippen LogP contribution in [0.5, 0.6) is 0 Å². The lowest BCUT2D eigenvalue weighted by Crippen LogP contribution is -2.38. The lowest BCUT2D eigenvalue weighted by atomic mass is 9.87. The van der Waals surface area contributed by atoms with Gasteiger partial charge in [-0.05, 0) is 73.3 Å². The Morgan fingerprint density at radius 1 is 1.02 bits per heavy atom. The van der Waals surface area contributed by atoms with Gasteiger partial charge in [0.25, 0.3) is 11.5 Å². The maximum Gasteiger partial charge on any atom is 0.253 e. The molecule has 5 heterocycles. The van der Waals surface area contributed by atoms with Crippen molar-refractivity contribution in [2.24, 2.45) is 0 Å². The zero-order chi connectivity index (χ0) is 27.1. The van der Waals surface area contributed by atoms with E-state index in [0.717, 1.165) is 69.9 Å². The normalized spacial score (nSPS) is 20.3. The lowest BCUT2D eigenvalue weighted by molar-refractivity contribution is 0.0374. The van der Waals surface area contributed by atoms with Crippen molar-refractivity contribution in [1.82, 2.24) is 19.8 Å². The van der Waals surface area contributed by atoms with Crippen LogP contribution in [0.15, 0.2) is 65.6 Å². The fraction of sp³-hybridized carbons (Fsp3) is 0.375. The number of aryl methyl sites for hydroxylation is 2. The Morgan fingerprint density at radius 2 is 1.93 bits per heavy atom. The van der Waals surface area contributed by atoms with E-state index in [1.165, 1.54) is 22.2 Å². The number of amides is 1. The SMILES string of the molecule is O=C(NCCCN1CCOCC1)c1ccc2c(c1)C(c1cc3cccc4c3n1CCC4)C(c1ccc[nH]c1=O)N2. The van der Waals surface area contributed by atoms with Gasteiger partial charge in [-0.25, -0.2) is 0 Å². The van der Waals surface area contributed by atoms with Crippen molar-refractivity contribution in [3.63, 3.8) is 0 Å². The highest BCUT2D eigenvalue weighted by Crippen LogP contribution is 2.49. The molecular formula is C32H35N5O3. The molecule has 206 valence electrons. The number of aromatic nitrogens is 2. The quantitative estimate of drug-likeness (QED) is 0.310. The summed E-state index contributed by atoms with van der Waals surface area (Å²) in [5, 5.41) is 7.99. The van der Waals surface area contributed by atoms with Crippen molar-refractivity contribution >= 4 is 22.5 Å². The molecular weight excluding hydrogens is 502 g/mol. The molecule has 1 saturated heterocycles. The van der Waals surface area contributed by atoms with Gasteiger partial charge in [0.2, 0.25) is 0 Å². The van der Waals surface area contributed by atoms with Crippen molar-refractivity contribution in [3.8, 4) is 0 Å². The van der Waals surface area contributed by atoms with Crippen molar-refractivity contribution in [2.75, 3.05) is 44.7 Å². The summed E-state index contributed by atoms with van der Waals surface area (Å²) in [5.74, 6) is -0.167. The average molecular weight is 538 g/mol. The van der Waals surface area contributed by atoms with E-state index in [2.05, 4.69) is 49.4 Å². The molecule has 0 bridgehead atoms. The Kier molecular flexibility index (Phi) is 6.65. The van der Waals surface area contributed by atoms with Gasteiger partial charge in [-0.1, -0.05) is 18.2 Å². The zero-order valence-corrected chi connectivity index (χ0v) is 22.6. The second-order valence-corrected chi connectivity index (χ2v) is 11.1. The van der Waals surface area contributed by atoms with E-state index in [1.807, 2.05) is 30.3 Å². The zero-order valence-electron chi connectivity index (χ0n) is 22.6. The largest absolute Gasteiger partial charge is 0.379 e. The van der Waals surface area contributed by atoms with Gasteiger partial charge in [0.1, 0.15) is 0 Å². The first kappa shape index (κ1) is 25.1. The van der Waals surface area contributed by atoms with Crippen LogP contribution in [0.4, 0.5) is 5.69 Å². The molecule has 8 heteroatoms. The number of pyridine rings is 1. The van der Waals surface area contributed by atoms with Gasteiger partial charge in [0, 0.05) is 60.3 Å². The first-order valence-electron chi connectivity index (χ1n) is 14.4. The van der Waals surface area contributed by atoms with E-state index < -0.39 is 0 Å². The summed E-state index contributed by atoms with van der Waals surface area (Å²) in [6.07, 6.45) is 4.75. The average Bonchev–Trinajstić information content (AvgIpc) is 3.55. The van der Waals surface area contributed by atoms with Crippen molar-refractivity contribution in [1.29, 1.82) is 0 Å². The van der Waals surface area contributed by atoms with Crippen LogP contribution in [0.25, 0.3) is 10.9 Å². The van der Waals surface area contributed by atoms with Crippen LogP contribution >= 0.6 is 0 Å². The highest BCUT2D eigenvalue weighted by atomic mass is 16.5. The maximum atomic E-state index is 13.2. The molecule has 2 aromatic heterocycles. The molecule has 0 spiro atoms. The van der Waals surface area contributed by atoms with Crippen LogP contribution in [0.3, 0.4) is 0 Å². The molecule has 3 aliphatic heterocycles. The Balaban J connectivity index is 1.21. The van der Waals surface area contributed by atoms with Crippen LogP contribution in [0.1, 0.15) is 57.5 Å². The third-order valence-corrected chi connectivity index (χ3v) is 8.70. The van der Waals surface area contributed by atoms with E-state index in [4.69, 9.17) is 4.74 Å². The molecule has 7 rings (SSSR count). The van der Waals surface area contributed by atoms with E-state index in [0.29, 0.717) is 17.7 Å². The van der Waals surface area contributed by atoms with Gasteiger partial charge < -0.3 is 24.9 Å². The second-order valence-electron chi connectivity index (χ2n) is 11.1. The Morgan fingerprint density at radius 3 is 2.80 bits per heavy atom. The number of carbonyl (C=O) groups excluding carboxylic acids is 1. The van der Waals surface area contributed by atoms with Crippen molar-refractivity contribution in [2.45, 2.75) is 37.8 Å². The minimum atomic E-state index is -0.238. The highest BCUT2D eigenvalue weighted by Gasteiger charge is 2.38. The molecule has 2 atom stereocenters. The number of para-hydroxylation sites is 1. The number of ether oxygens (including phenoxy) is 1. The monoisotopic (exact) mass is 537 g/mol. The maximum absolute atomic E-state index is 13.2. The first-order valence-corrected chi connectivity index (χ1v) is 14.4. The van der Waals surface area contributed by atoms with Crippen molar-refractivity contribution in [3.05, 3.63) is 99.1 Å². The van der Waals surface area contributed by atoms with E-state index in [9.17, 15) is 9.59 Å². The van der Waals surface area contributed by atoms with Crippen LogP contribution < -0.4 is 16.2 Å². The molecule has 4 aromatic rings. The molecule has 1 fully saturated rings. The Labute approximate surface area is 233 Å². The molecule has 0 radical (unpaired) electrons. The predicted molar refractivity (Wildman–Crippen MR) is 156 cm³/mol.